The third kappa shape index (κ3) is 4.95. The van der Waals surface area contributed by atoms with Gasteiger partial charge in [0.25, 0.3) is 5.91 Å². The lowest BCUT2D eigenvalue weighted by molar-refractivity contribution is -0.118. The van der Waals surface area contributed by atoms with Crippen molar-refractivity contribution in [3.05, 3.63) is 83.9 Å². The molecule has 0 radical (unpaired) electrons. The van der Waals surface area contributed by atoms with Gasteiger partial charge in [-0.25, -0.2) is 0 Å². The molecule has 1 N–H and O–H groups in total. The summed E-state index contributed by atoms with van der Waals surface area (Å²) in [5, 5.41) is 2.77. The summed E-state index contributed by atoms with van der Waals surface area (Å²) in [6.45, 7) is 1.78. The molecule has 3 rings (SSSR count). The molecule has 1 amide bonds. The third-order valence-corrected chi connectivity index (χ3v) is 3.81. The number of para-hydroxylation sites is 3. The smallest absolute Gasteiger partial charge is 0.262 e. The minimum Gasteiger partial charge on any atom is -0.483 e. The van der Waals surface area contributed by atoms with E-state index >= 15 is 0 Å². The molecule has 0 saturated heterocycles. The minimum absolute atomic E-state index is 0.219. The van der Waals surface area contributed by atoms with Crippen molar-refractivity contribution < 1.29 is 19.1 Å². The molecule has 0 aliphatic rings. The maximum absolute atomic E-state index is 12.3. The maximum Gasteiger partial charge on any atom is 0.262 e. The number of rotatable bonds is 7. The monoisotopic (exact) mass is 361 g/mol. The third-order valence-electron chi connectivity index (χ3n) is 3.81. The van der Waals surface area contributed by atoms with Crippen LogP contribution in [0, 0.1) is 6.92 Å². The second-order valence-corrected chi connectivity index (χ2v) is 5.90. The number of nitrogens with one attached hydrogen (secondary N) is 1. The predicted molar refractivity (Wildman–Crippen MR) is 104 cm³/mol. The van der Waals surface area contributed by atoms with Crippen molar-refractivity contribution in [2.45, 2.75) is 6.92 Å². The van der Waals surface area contributed by atoms with E-state index in [9.17, 15) is 9.59 Å². The predicted octanol–water partition coefficient (Wildman–Crippen LogP) is 4.62. The van der Waals surface area contributed by atoms with Gasteiger partial charge in [-0.1, -0.05) is 42.0 Å². The summed E-state index contributed by atoms with van der Waals surface area (Å²) in [5.41, 5.74) is 2.07. The summed E-state index contributed by atoms with van der Waals surface area (Å²) in [6.07, 6.45) is 0.692. The number of carbonyl (C=O) groups excluding carboxylic acids is 2. The lowest BCUT2D eigenvalue weighted by Gasteiger charge is -2.13. The molecule has 3 aromatic rings. The van der Waals surface area contributed by atoms with Crippen LogP contribution in [0.2, 0.25) is 0 Å². The first-order chi connectivity index (χ1) is 13.2. The molecule has 136 valence electrons. The Kier molecular flexibility index (Phi) is 5.84. The highest BCUT2D eigenvalue weighted by atomic mass is 16.5. The molecule has 0 heterocycles. The van der Waals surface area contributed by atoms with E-state index in [2.05, 4.69) is 5.32 Å². The summed E-state index contributed by atoms with van der Waals surface area (Å²) < 4.78 is 11.3. The van der Waals surface area contributed by atoms with Crippen LogP contribution in [0.1, 0.15) is 15.9 Å². The number of amides is 1. The Hall–Kier alpha value is -3.60. The van der Waals surface area contributed by atoms with Gasteiger partial charge in [0.15, 0.2) is 18.6 Å². The van der Waals surface area contributed by atoms with Crippen molar-refractivity contribution in [1.29, 1.82) is 0 Å². The van der Waals surface area contributed by atoms with Crippen molar-refractivity contribution in [3.8, 4) is 17.2 Å². The van der Waals surface area contributed by atoms with E-state index in [1.54, 1.807) is 42.5 Å². The zero-order chi connectivity index (χ0) is 19.1. The van der Waals surface area contributed by atoms with Crippen molar-refractivity contribution >= 4 is 17.9 Å². The Labute approximate surface area is 157 Å². The molecule has 0 bridgehead atoms. The van der Waals surface area contributed by atoms with Crippen molar-refractivity contribution in [3.63, 3.8) is 0 Å². The number of aldehydes is 1. The summed E-state index contributed by atoms with van der Waals surface area (Å²) in [5.74, 6) is 1.23. The Morgan fingerprint density at radius 3 is 2.33 bits per heavy atom. The van der Waals surface area contributed by atoms with Gasteiger partial charge in [-0.15, -0.1) is 0 Å². The molecule has 0 aromatic heterocycles. The van der Waals surface area contributed by atoms with Crippen LogP contribution >= 0.6 is 0 Å². The van der Waals surface area contributed by atoms with Crippen LogP contribution in [0.25, 0.3) is 0 Å². The molecule has 0 unspecified atom stereocenters. The lowest BCUT2D eigenvalue weighted by Crippen LogP contribution is -2.20. The molecule has 5 heteroatoms. The first kappa shape index (κ1) is 18.2. The number of carbonyl (C=O) groups is 2. The normalized spacial score (nSPS) is 10.1. The molecular formula is C22H19NO4. The highest BCUT2D eigenvalue weighted by Crippen LogP contribution is 2.29. The van der Waals surface area contributed by atoms with E-state index in [4.69, 9.17) is 9.47 Å². The Balaban J connectivity index is 1.65. The summed E-state index contributed by atoms with van der Waals surface area (Å²) in [7, 11) is 0. The van der Waals surface area contributed by atoms with Gasteiger partial charge in [0, 0.05) is 0 Å². The largest absolute Gasteiger partial charge is 0.483 e. The molecule has 3 aromatic carbocycles. The van der Waals surface area contributed by atoms with Crippen LogP contribution in [0.5, 0.6) is 17.2 Å². The fourth-order valence-electron chi connectivity index (χ4n) is 2.43. The second-order valence-electron chi connectivity index (χ2n) is 5.90. The second kappa shape index (κ2) is 8.67. The van der Waals surface area contributed by atoms with Gasteiger partial charge in [0.2, 0.25) is 0 Å². The number of aryl methyl sites for hydroxylation is 1. The van der Waals surface area contributed by atoms with Crippen LogP contribution in [-0.2, 0) is 4.79 Å². The van der Waals surface area contributed by atoms with Gasteiger partial charge in [0.05, 0.1) is 11.3 Å². The Morgan fingerprint density at radius 2 is 1.59 bits per heavy atom. The minimum atomic E-state index is -0.351. The van der Waals surface area contributed by atoms with E-state index < -0.39 is 0 Å². The van der Waals surface area contributed by atoms with E-state index in [0.717, 1.165) is 5.56 Å². The molecule has 0 aliphatic heterocycles. The molecule has 0 spiro atoms. The van der Waals surface area contributed by atoms with Crippen LogP contribution in [-0.4, -0.2) is 18.8 Å². The van der Waals surface area contributed by atoms with Crippen molar-refractivity contribution in [1.82, 2.24) is 0 Å². The van der Waals surface area contributed by atoms with Crippen molar-refractivity contribution in [2.24, 2.45) is 0 Å². The fraction of sp³-hybridized carbons (Fsp3) is 0.0909. The van der Waals surface area contributed by atoms with Crippen LogP contribution < -0.4 is 14.8 Å². The Bertz CT molecular complexity index is 935. The maximum atomic E-state index is 12.3. The van der Waals surface area contributed by atoms with E-state index in [1.807, 2.05) is 37.3 Å². The standard InChI is InChI=1S/C22H19NO4/c1-16-10-12-18(13-11-16)27-21-9-5-3-7-19(21)23-22(25)15-26-20-8-4-2-6-17(20)14-24/h2-14H,15H2,1H3,(H,23,25). The summed E-state index contributed by atoms with van der Waals surface area (Å²) in [6, 6.07) is 21.6. The van der Waals surface area contributed by atoms with Gasteiger partial charge in [-0.2, -0.15) is 0 Å². The molecule has 0 fully saturated rings. The average Bonchev–Trinajstić information content (AvgIpc) is 2.70. The van der Waals surface area contributed by atoms with Crippen LogP contribution in [0.15, 0.2) is 72.8 Å². The van der Waals surface area contributed by atoms with Gasteiger partial charge < -0.3 is 14.8 Å². The number of anilines is 1. The van der Waals surface area contributed by atoms with E-state index in [-0.39, 0.29) is 12.5 Å². The highest BCUT2D eigenvalue weighted by molar-refractivity contribution is 5.93. The zero-order valence-electron chi connectivity index (χ0n) is 14.8. The van der Waals surface area contributed by atoms with Crippen LogP contribution in [0.3, 0.4) is 0 Å². The quantitative estimate of drug-likeness (QED) is 0.624. The lowest BCUT2D eigenvalue weighted by atomic mass is 10.2. The van der Waals surface area contributed by atoms with E-state index in [0.29, 0.717) is 34.8 Å². The van der Waals surface area contributed by atoms with Crippen LogP contribution in [0.4, 0.5) is 5.69 Å². The molecule has 5 nitrogen and oxygen atoms in total. The first-order valence-electron chi connectivity index (χ1n) is 8.46. The highest BCUT2D eigenvalue weighted by Gasteiger charge is 2.10. The average molecular weight is 361 g/mol. The number of benzene rings is 3. The topological polar surface area (TPSA) is 64.6 Å². The van der Waals surface area contributed by atoms with E-state index in [1.165, 1.54) is 0 Å². The van der Waals surface area contributed by atoms with Gasteiger partial charge in [-0.3, -0.25) is 9.59 Å². The molecule has 27 heavy (non-hydrogen) atoms. The molecule has 0 aliphatic carbocycles. The molecule has 0 atom stereocenters. The SMILES string of the molecule is Cc1ccc(Oc2ccccc2NC(=O)COc2ccccc2C=O)cc1. The first-order valence-corrected chi connectivity index (χ1v) is 8.46. The van der Waals surface area contributed by atoms with Gasteiger partial charge in [0.1, 0.15) is 11.5 Å². The Morgan fingerprint density at radius 1 is 0.926 bits per heavy atom. The number of hydrogen-bond acceptors (Lipinski definition) is 4. The number of ether oxygens (including phenoxy) is 2. The fourth-order valence-corrected chi connectivity index (χ4v) is 2.43. The summed E-state index contributed by atoms with van der Waals surface area (Å²) in [4.78, 5) is 23.3. The molecule has 0 saturated carbocycles. The number of hydrogen-bond donors (Lipinski definition) is 1. The van der Waals surface area contributed by atoms with Gasteiger partial charge in [-0.05, 0) is 43.3 Å². The molecular weight excluding hydrogens is 342 g/mol. The van der Waals surface area contributed by atoms with Gasteiger partial charge >= 0.3 is 0 Å². The van der Waals surface area contributed by atoms with Crippen molar-refractivity contribution in [2.75, 3.05) is 11.9 Å². The summed E-state index contributed by atoms with van der Waals surface area (Å²) >= 11 is 0. The zero-order valence-corrected chi connectivity index (χ0v) is 14.8.